The number of rotatable bonds is 3. The summed E-state index contributed by atoms with van der Waals surface area (Å²) in [5.41, 5.74) is 1.38. The number of nitrogens with one attached hydrogen (secondary N) is 1. The highest BCUT2D eigenvalue weighted by molar-refractivity contribution is 5.66. The second-order valence-electron chi connectivity index (χ2n) is 5.21. The summed E-state index contributed by atoms with van der Waals surface area (Å²) < 4.78 is 0. The monoisotopic (exact) mass is 270 g/mol. The van der Waals surface area contributed by atoms with Gasteiger partial charge in [0.15, 0.2) is 0 Å². The Morgan fingerprint density at radius 1 is 1.20 bits per heavy atom. The number of likely N-dealkylation sites (tertiary alicyclic amines) is 1. The van der Waals surface area contributed by atoms with Crippen molar-refractivity contribution in [2.45, 2.75) is 12.5 Å². The molecule has 0 radical (unpaired) electrons. The molecule has 1 aliphatic rings. The Kier molecular flexibility index (Phi) is 3.52. The third kappa shape index (κ3) is 2.72. The van der Waals surface area contributed by atoms with Crippen LogP contribution in [0.1, 0.15) is 6.42 Å². The van der Waals surface area contributed by atoms with E-state index < -0.39 is 0 Å². The van der Waals surface area contributed by atoms with Crippen LogP contribution in [0.5, 0.6) is 5.75 Å². The van der Waals surface area contributed by atoms with Gasteiger partial charge in [0.2, 0.25) is 0 Å². The first kappa shape index (κ1) is 12.9. The summed E-state index contributed by atoms with van der Waals surface area (Å²) >= 11 is 0. The Hall–Kier alpha value is -2.14. The van der Waals surface area contributed by atoms with Gasteiger partial charge in [-0.2, -0.15) is 0 Å². The molecule has 104 valence electrons. The van der Waals surface area contributed by atoms with Gasteiger partial charge in [-0.25, -0.2) is 0 Å². The maximum atomic E-state index is 9.80. The lowest BCUT2D eigenvalue weighted by Crippen LogP contribution is -2.24. The van der Waals surface area contributed by atoms with Crippen LogP contribution in [-0.4, -0.2) is 46.4 Å². The van der Waals surface area contributed by atoms with Crippen LogP contribution in [0.25, 0.3) is 11.3 Å². The Morgan fingerprint density at radius 2 is 2.05 bits per heavy atom. The van der Waals surface area contributed by atoms with E-state index in [2.05, 4.69) is 27.5 Å². The molecule has 1 aromatic carbocycles. The number of likely N-dealkylation sites (N-methyl/N-ethyl adjacent to an activating group) is 1. The minimum atomic E-state index is 0.222. The fourth-order valence-electron chi connectivity index (χ4n) is 2.51. The van der Waals surface area contributed by atoms with Gasteiger partial charge < -0.3 is 15.3 Å². The number of hydrogen-bond donors (Lipinski definition) is 2. The zero-order valence-electron chi connectivity index (χ0n) is 11.5. The largest absolute Gasteiger partial charge is 0.507 e. The summed E-state index contributed by atoms with van der Waals surface area (Å²) in [4.78, 5) is 2.29. The topological polar surface area (TPSA) is 61.3 Å². The summed E-state index contributed by atoms with van der Waals surface area (Å²) in [6, 6.07) is 11.4. The molecule has 0 amide bonds. The van der Waals surface area contributed by atoms with Gasteiger partial charge in [0.1, 0.15) is 11.6 Å². The van der Waals surface area contributed by atoms with Gasteiger partial charge in [-0.05, 0) is 44.3 Å². The van der Waals surface area contributed by atoms with E-state index in [1.807, 2.05) is 24.3 Å². The Balaban J connectivity index is 1.73. The molecule has 1 fully saturated rings. The van der Waals surface area contributed by atoms with Gasteiger partial charge >= 0.3 is 0 Å². The summed E-state index contributed by atoms with van der Waals surface area (Å²) in [6.45, 7) is 2.14. The molecule has 3 rings (SSSR count). The molecule has 2 aromatic rings. The molecule has 5 nitrogen and oxygen atoms in total. The first-order valence-electron chi connectivity index (χ1n) is 6.79. The van der Waals surface area contributed by atoms with Crippen LogP contribution in [0.4, 0.5) is 5.82 Å². The van der Waals surface area contributed by atoms with Crippen LogP contribution < -0.4 is 5.32 Å². The molecular weight excluding hydrogens is 252 g/mol. The van der Waals surface area contributed by atoms with Gasteiger partial charge in [-0.15, -0.1) is 10.2 Å². The molecule has 20 heavy (non-hydrogen) atoms. The van der Waals surface area contributed by atoms with E-state index in [0.717, 1.165) is 25.3 Å². The molecule has 0 saturated carbocycles. The molecule has 2 N–H and O–H groups in total. The Bertz CT molecular complexity index is 585. The molecule has 1 aromatic heterocycles. The third-order valence-electron chi connectivity index (χ3n) is 3.59. The standard InChI is InChI=1S/C15H18N4O/c1-19-9-8-11(10-19)16-15-7-6-13(17-18-15)12-4-2-3-5-14(12)20/h2-7,11,20H,8-10H2,1H3,(H,16,18)/t11-/m1/s1. The quantitative estimate of drug-likeness (QED) is 0.893. The first-order valence-corrected chi connectivity index (χ1v) is 6.79. The lowest BCUT2D eigenvalue weighted by atomic mass is 10.1. The number of nitrogens with zero attached hydrogens (tertiary/aromatic N) is 3. The van der Waals surface area contributed by atoms with Crippen LogP contribution in [0.15, 0.2) is 36.4 Å². The number of aromatic nitrogens is 2. The number of para-hydroxylation sites is 1. The predicted molar refractivity (Wildman–Crippen MR) is 78.7 cm³/mol. The van der Waals surface area contributed by atoms with Crippen molar-refractivity contribution in [2.24, 2.45) is 0 Å². The average Bonchev–Trinajstić information content (AvgIpc) is 2.86. The van der Waals surface area contributed by atoms with Crippen molar-refractivity contribution in [1.29, 1.82) is 0 Å². The first-order chi connectivity index (χ1) is 9.72. The van der Waals surface area contributed by atoms with Crippen LogP contribution in [0, 0.1) is 0 Å². The van der Waals surface area contributed by atoms with E-state index in [1.165, 1.54) is 0 Å². The SMILES string of the molecule is CN1CC[C@@H](Nc2ccc(-c3ccccc3O)nn2)C1. The van der Waals surface area contributed by atoms with E-state index in [9.17, 15) is 5.11 Å². The van der Waals surface area contributed by atoms with Crippen LogP contribution in [-0.2, 0) is 0 Å². The lowest BCUT2D eigenvalue weighted by molar-refractivity contribution is 0.414. The number of aromatic hydroxyl groups is 1. The maximum absolute atomic E-state index is 9.80. The maximum Gasteiger partial charge on any atom is 0.148 e. The summed E-state index contributed by atoms with van der Waals surface area (Å²) in [5, 5.41) is 21.6. The summed E-state index contributed by atoms with van der Waals surface area (Å²) in [7, 11) is 2.12. The van der Waals surface area contributed by atoms with Gasteiger partial charge in [-0.3, -0.25) is 0 Å². The molecule has 0 bridgehead atoms. The van der Waals surface area contributed by atoms with Gasteiger partial charge in [-0.1, -0.05) is 12.1 Å². The highest BCUT2D eigenvalue weighted by atomic mass is 16.3. The van der Waals surface area contributed by atoms with Crippen molar-refractivity contribution in [3.05, 3.63) is 36.4 Å². The van der Waals surface area contributed by atoms with Crippen molar-refractivity contribution in [1.82, 2.24) is 15.1 Å². The molecule has 1 atom stereocenters. The molecule has 0 unspecified atom stereocenters. The van der Waals surface area contributed by atoms with Crippen LogP contribution in [0.3, 0.4) is 0 Å². The predicted octanol–water partition coefficient (Wildman–Crippen LogP) is 1.97. The highest BCUT2D eigenvalue weighted by Gasteiger charge is 2.19. The number of benzene rings is 1. The fourth-order valence-corrected chi connectivity index (χ4v) is 2.51. The average molecular weight is 270 g/mol. The van der Waals surface area contributed by atoms with Crippen molar-refractivity contribution >= 4 is 5.82 Å². The number of hydrogen-bond acceptors (Lipinski definition) is 5. The van der Waals surface area contributed by atoms with Crippen LogP contribution >= 0.6 is 0 Å². The van der Waals surface area contributed by atoms with Crippen molar-refractivity contribution in [3.63, 3.8) is 0 Å². The number of anilines is 1. The summed E-state index contributed by atoms with van der Waals surface area (Å²) in [5.74, 6) is 1.00. The molecule has 1 aliphatic heterocycles. The molecule has 5 heteroatoms. The number of phenolic OH excluding ortho intramolecular Hbond substituents is 1. The van der Waals surface area contributed by atoms with Crippen molar-refractivity contribution < 1.29 is 5.11 Å². The van der Waals surface area contributed by atoms with E-state index in [0.29, 0.717) is 17.3 Å². The minimum absolute atomic E-state index is 0.222. The fraction of sp³-hybridized carbons (Fsp3) is 0.333. The van der Waals surface area contributed by atoms with Crippen molar-refractivity contribution in [3.8, 4) is 17.0 Å². The minimum Gasteiger partial charge on any atom is -0.507 e. The van der Waals surface area contributed by atoms with E-state index >= 15 is 0 Å². The van der Waals surface area contributed by atoms with E-state index in [1.54, 1.807) is 12.1 Å². The molecule has 0 spiro atoms. The van der Waals surface area contributed by atoms with Gasteiger partial charge in [0, 0.05) is 18.2 Å². The van der Waals surface area contributed by atoms with Gasteiger partial charge in [0.05, 0.1) is 5.69 Å². The molecule has 0 aliphatic carbocycles. The zero-order valence-corrected chi connectivity index (χ0v) is 11.5. The Morgan fingerprint density at radius 3 is 2.70 bits per heavy atom. The highest BCUT2D eigenvalue weighted by Crippen LogP contribution is 2.26. The van der Waals surface area contributed by atoms with E-state index in [-0.39, 0.29) is 5.75 Å². The number of phenols is 1. The van der Waals surface area contributed by atoms with Crippen molar-refractivity contribution in [2.75, 3.05) is 25.5 Å². The molecule has 1 saturated heterocycles. The normalized spacial score (nSPS) is 19.1. The molecule has 2 heterocycles. The third-order valence-corrected chi connectivity index (χ3v) is 3.59. The Labute approximate surface area is 118 Å². The molecular formula is C15H18N4O. The van der Waals surface area contributed by atoms with Crippen LogP contribution in [0.2, 0.25) is 0 Å². The van der Waals surface area contributed by atoms with E-state index in [4.69, 9.17) is 0 Å². The second-order valence-corrected chi connectivity index (χ2v) is 5.21. The smallest absolute Gasteiger partial charge is 0.148 e. The lowest BCUT2D eigenvalue weighted by Gasteiger charge is -2.13. The second kappa shape index (κ2) is 5.46. The zero-order chi connectivity index (χ0) is 13.9. The summed E-state index contributed by atoms with van der Waals surface area (Å²) in [6.07, 6.45) is 1.12. The van der Waals surface area contributed by atoms with Gasteiger partial charge in [0.25, 0.3) is 0 Å².